The number of para-hydroxylation sites is 1. The summed E-state index contributed by atoms with van der Waals surface area (Å²) in [6.45, 7) is -0.833. The normalized spacial score (nSPS) is 22.7. The Kier molecular flexibility index (Phi) is 7.21. The van der Waals surface area contributed by atoms with E-state index >= 15 is 0 Å². The van der Waals surface area contributed by atoms with Crippen molar-refractivity contribution >= 4 is 23.4 Å². The SMILES string of the molecule is O=C(COc1ccc(Cl)c(F)c1)NC12CC(C1)C(C(=O)NCc1ccccc1OCC(F)F)C2. The molecule has 10 heteroatoms. The molecule has 3 fully saturated rings. The Balaban J connectivity index is 1.25. The van der Waals surface area contributed by atoms with Crippen LogP contribution in [-0.4, -0.2) is 37.0 Å². The number of nitrogens with one attached hydrogen (secondary N) is 2. The van der Waals surface area contributed by atoms with E-state index in [0.717, 1.165) is 6.07 Å². The summed E-state index contributed by atoms with van der Waals surface area (Å²) in [5.74, 6) is -0.703. The summed E-state index contributed by atoms with van der Waals surface area (Å²) in [5, 5.41) is 5.79. The molecule has 1 atom stereocenters. The molecule has 0 aliphatic heterocycles. The zero-order valence-corrected chi connectivity index (χ0v) is 18.9. The summed E-state index contributed by atoms with van der Waals surface area (Å²) in [4.78, 5) is 25.1. The molecule has 2 amide bonds. The van der Waals surface area contributed by atoms with Gasteiger partial charge in [0.1, 0.15) is 23.9 Å². The standard InChI is InChI=1S/C24H24ClF3N2O4/c25-18-6-5-16(7-19(18)26)33-13-22(31)30-24-8-15(9-24)17(10-24)23(32)29-11-14-3-1-2-4-20(14)34-12-21(27)28/h1-7,15,17,21H,8-13H2,(H,29,32)(H,30,31). The lowest BCUT2D eigenvalue weighted by Gasteiger charge is -2.39. The zero-order valence-electron chi connectivity index (χ0n) is 18.2. The van der Waals surface area contributed by atoms with Crippen LogP contribution >= 0.6 is 11.6 Å². The van der Waals surface area contributed by atoms with Gasteiger partial charge in [-0.1, -0.05) is 29.8 Å². The highest BCUT2D eigenvalue weighted by Gasteiger charge is 2.58. The maximum Gasteiger partial charge on any atom is 0.272 e. The van der Waals surface area contributed by atoms with Crippen LogP contribution < -0.4 is 20.1 Å². The van der Waals surface area contributed by atoms with Gasteiger partial charge in [0.2, 0.25) is 5.91 Å². The van der Waals surface area contributed by atoms with E-state index < -0.39 is 24.4 Å². The first-order valence-electron chi connectivity index (χ1n) is 10.9. The first-order valence-corrected chi connectivity index (χ1v) is 11.3. The molecule has 1 unspecified atom stereocenters. The smallest absolute Gasteiger partial charge is 0.272 e. The van der Waals surface area contributed by atoms with E-state index in [2.05, 4.69) is 10.6 Å². The average Bonchev–Trinajstić information content (AvgIpc) is 3.33. The molecule has 0 heterocycles. The Morgan fingerprint density at radius 3 is 2.62 bits per heavy atom. The Morgan fingerprint density at radius 1 is 1.12 bits per heavy atom. The van der Waals surface area contributed by atoms with Gasteiger partial charge in [-0.05, 0) is 43.4 Å². The van der Waals surface area contributed by atoms with Gasteiger partial charge in [-0.2, -0.15) is 0 Å². The van der Waals surface area contributed by atoms with E-state index in [1.165, 1.54) is 12.1 Å². The van der Waals surface area contributed by atoms with Crippen LogP contribution in [0.1, 0.15) is 24.8 Å². The minimum atomic E-state index is -2.59. The lowest BCUT2D eigenvalue weighted by atomic mass is 9.76. The number of hydrogen-bond acceptors (Lipinski definition) is 4. The largest absolute Gasteiger partial charge is 0.487 e. The average molecular weight is 497 g/mol. The molecule has 2 N–H and O–H groups in total. The molecule has 2 aromatic rings. The Morgan fingerprint density at radius 2 is 1.88 bits per heavy atom. The fourth-order valence-corrected chi connectivity index (χ4v) is 4.86. The summed E-state index contributed by atoms with van der Waals surface area (Å²) in [7, 11) is 0. The van der Waals surface area contributed by atoms with Gasteiger partial charge in [-0.3, -0.25) is 9.59 Å². The fraction of sp³-hybridized carbons (Fsp3) is 0.417. The molecule has 2 bridgehead atoms. The minimum absolute atomic E-state index is 0.0318. The number of ether oxygens (including phenoxy) is 2. The quantitative estimate of drug-likeness (QED) is 0.519. The molecular formula is C24H24ClF3N2O4. The van der Waals surface area contributed by atoms with Crippen LogP contribution in [0.5, 0.6) is 11.5 Å². The van der Waals surface area contributed by atoms with Gasteiger partial charge in [-0.15, -0.1) is 0 Å². The van der Waals surface area contributed by atoms with Gasteiger partial charge in [-0.25, -0.2) is 13.2 Å². The van der Waals surface area contributed by atoms with Crippen LogP contribution in [0, 0.1) is 17.7 Å². The van der Waals surface area contributed by atoms with E-state index in [1.807, 2.05) is 0 Å². The molecule has 0 spiro atoms. The fourth-order valence-electron chi connectivity index (χ4n) is 4.75. The second-order valence-corrected chi connectivity index (χ2v) is 9.11. The number of hydrogen-bond donors (Lipinski definition) is 2. The first-order chi connectivity index (χ1) is 16.2. The molecule has 0 radical (unpaired) electrons. The number of alkyl halides is 2. The first kappa shape index (κ1) is 24.2. The van der Waals surface area contributed by atoms with Gasteiger partial charge in [0, 0.05) is 29.6 Å². The third-order valence-electron chi connectivity index (χ3n) is 6.28. The number of rotatable bonds is 10. The summed E-state index contributed by atoms with van der Waals surface area (Å²) < 4.78 is 48.9. The number of carbonyl (C=O) groups is 2. The molecule has 3 aliphatic rings. The van der Waals surface area contributed by atoms with Crippen LogP contribution in [0.4, 0.5) is 13.2 Å². The van der Waals surface area contributed by atoms with Gasteiger partial charge in [0.05, 0.1) is 5.02 Å². The molecule has 34 heavy (non-hydrogen) atoms. The highest BCUT2D eigenvalue weighted by atomic mass is 35.5. The van der Waals surface area contributed by atoms with Crippen molar-refractivity contribution in [1.29, 1.82) is 0 Å². The molecule has 5 rings (SSSR count). The van der Waals surface area contributed by atoms with Crippen molar-refractivity contribution in [3.05, 3.63) is 58.9 Å². The third-order valence-corrected chi connectivity index (χ3v) is 6.58. The molecule has 0 saturated heterocycles. The van der Waals surface area contributed by atoms with Gasteiger partial charge in [0.25, 0.3) is 12.3 Å². The van der Waals surface area contributed by atoms with E-state index in [-0.39, 0.29) is 47.6 Å². The van der Waals surface area contributed by atoms with E-state index in [0.29, 0.717) is 30.6 Å². The number of benzene rings is 2. The zero-order chi connectivity index (χ0) is 24.3. The summed E-state index contributed by atoms with van der Waals surface area (Å²) in [5.41, 5.74) is 0.164. The number of carbonyl (C=O) groups excluding carboxylic acids is 2. The lowest BCUT2D eigenvalue weighted by Crippen LogP contribution is -2.53. The van der Waals surface area contributed by atoms with Crippen molar-refractivity contribution in [3.8, 4) is 11.5 Å². The van der Waals surface area contributed by atoms with Crippen LogP contribution in [0.3, 0.4) is 0 Å². The van der Waals surface area contributed by atoms with Crippen LogP contribution in [0.15, 0.2) is 42.5 Å². The molecule has 3 aliphatic carbocycles. The molecule has 6 nitrogen and oxygen atoms in total. The lowest BCUT2D eigenvalue weighted by molar-refractivity contribution is -0.126. The molecule has 3 saturated carbocycles. The Labute approximate surface area is 199 Å². The minimum Gasteiger partial charge on any atom is -0.487 e. The second-order valence-electron chi connectivity index (χ2n) is 8.70. The number of fused-ring (bicyclic) bond motifs is 1. The highest BCUT2D eigenvalue weighted by molar-refractivity contribution is 6.30. The number of amides is 2. The predicted octanol–water partition coefficient (Wildman–Crippen LogP) is 4.10. The monoisotopic (exact) mass is 496 g/mol. The third kappa shape index (κ3) is 5.58. The van der Waals surface area contributed by atoms with Crippen molar-refractivity contribution < 1.29 is 32.2 Å². The van der Waals surface area contributed by atoms with Gasteiger partial charge >= 0.3 is 0 Å². The van der Waals surface area contributed by atoms with Crippen molar-refractivity contribution in [2.45, 2.75) is 37.8 Å². The Bertz CT molecular complexity index is 1060. The number of halogens is 4. The maximum absolute atomic E-state index is 13.5. The highest BCUT2D eigenvalue weighted by Crippen LogP contribution is 2.55. The van der Waals surface area contributed by atoms with Crippen molar-refractivity contribution in [3.63, 3.8) is 0 Å². The van der Waals surface area contributed by atoms with Crippen molar-refractivity contribution in [2.75, 3.05) is 13.2 Å². The second kappa shape index (κ2) is 10.1. The predicted molar refractivity (Wildman–Crippen MR) is 118 cm³/mol. The molecule has 0 aromatic heterocycles. The molecule has 182 valence electrons. The summed E-state index contributed by atoms with van der Waals surface area (Å²) >= 11 is 5.63. The molecule has 2 aromatic carbocycles. The van der Waals surface area contributed by atoms with E-state index in [1.54, 1.807) is 24.3 Å². The Hall–Kier alpha value is -2.94. The van der Waals surface area contributed by atoms with Gasteiger partial charge < -0.3 is 20.1 Å². The van der Waals surface area contributed by atoms with E-state index in [9.17, 15) is 22.8 Å². The van der Waals surface area contributed by atoms with Crippen LogP contribution in [-0.2, 0) is 16.1 Å². The van der Waals surface area contributed by atoms with Crippen LogP contribution in [0.25, 0.3) is 0 Å². The van der Waals surface area contributed by atoms with E-state index in [4.69, 9.17) is 21.1 Å². The topological polar surface area (TPSA) is 76.7 Å². The van der Waals surface area contributed by atoms with Gasteiger partial charge in [0.15, 0.2) is 6.61 Å². The van der Waals surface area contributed by atoms with Crippen molar-refractivity contribution in [1.82, 2.24) is 10.6 Å². The maximum atomic E-state index is 13.5. The molecular weight excluding hydrogens is 473 g/mol. The summed E-state index contributed by atoms with van der Waals surface area (Å²) in [6.07, 6.45) is -0.688. The van der Waals surface area contributed by atoms with Crippen molar-refractivity contribution in [2.24, 2.45) is 11.8 Å². The van der Waals surface area contributed by atoms with Crippen LogP contribution in [0.2, 0.25) is 5.02 Å². The summed E-state index contributed by atoms with van der Waals surface area (Å²) in [6, 6.07) is 10.7.